The first-order chi connectivity index (χ1) is 9.74. The summed E-state index contributed by atoms with van der Waals surface area (Å²) in [6, 6.07) is 5.62. The average Bonchev–Trinajstić information content (AvgIpc) is 2.51. The molecule has 0 amide bonds. The normalized spacial score (nSPS) is 24.9. The van der Waals surface area contributed by atoms with Gasteiger partial charge in [0, 0.05) is 31.4 Å². The van der Waals surface area contributed by atoms with Gasteiger partial charge >= 0.3 is 0 Å². The summed E-state index contributed by atoms with van der Waals surface area (Å²) in [7, 11) is 0. The first-order valence-electron chi connectivity index (χ1n) is 7.67. The van der Waals surface area contributed by atoms with E-state index in [2.05, 4.69) is 10.2 Å². The Bertz CT molecular complexity index is 460. The highest BCUT2D eigenvalue weighted by Crippen LogP contribution is 2.29. The van der Waals surface area contributed by atoms with Gasteiger partial charge in [0.15, 0.2) is 0 Å². The highest BCUT2D eigenvalue weighted by Gasteiger charge is 2.28. The van der Waals surface area contributed by atoms with E-state index in [9.17, 15) is 4.39 Å². The lowest BCUT2D eigenvalue weighted by Gasteiger charge is -2.40. The van der Waals surface area contributed by atoms with Crippen LogP contribution in [0, 0.1) is 11.7 Å². The first-order valence-corrected chi connectivity index (χ1v) is 8.05. The number of nitrogens with zero attached hydrogens (tertiary/aromatic N) is 1. The predicted octanol–water partition coefficient (Wildman–Crippen LogP) is 3.84. The van der Waals surface area contributed by atoms with Crippen molar-refractivity contribution in [3.05, 3.63) is 29.0 Å². The summed E-state index contributed by atoms with van der Waals surface area (Å²) in [6.45, 7) is 2.97. The molecule has 2 fully saturated rings. The number of benzene rings is 1. The molecule has 1 aliphatic carbocycles. The minimum Gasteiger partial charge on any atom is -0.369 e. The maximum Gasteiger partial charge on any atom is 0.141 e. The number of halogens is 2. The summed E-state index contributed by atoms with van der Waals surface area (Å²) >= 11 is 5.90. The summed E-state index contributed by atoms with van der Waals surface area (Å²) < 4.78 is 13.3. The van der Waals surface area contributed by atoms with Crippen molar-refractivity contribution in [2.24, 2.45) is 5.92 Å². The largest absolute Gasteiger partial charge is 0.369 e. The Morgan fingerprint density at radius 2 is 2.00 bits per heavy atom. The van der Waals surface area contributed by atoms with Gasteiger partial charge in [-0.25, -0.2) is 4.39 Å². The Kier molecular flexibility index (Phi) is 4.47. The minimum atomic E-state index is -0.339. The molecule has 1 heterocycles. The maximum absolute atomic E-state index is 13.3. The number of hydrogen-bond donors (Lipinski definition) is 1. The zero-order chi connectivity index (χ0) is 13.9. The van der Waals surface area contributed by atoms with Crippen LogP contribution in [0.3, 0.4) is 0 Å². The molecule has 1 unspecified atom stereocenters. The lowest BCUT2D eigenvalue weighted by atomic mass is 9.83. The molecule has 110 valence electrons. The van der Waals surface area contributed by atoms with Crippen molar-refractivity contribution in [2.45, 2.75) is 38.1 Å². The minimum absolute atomic E-state index is 0.218. The van der Waals surface area contributed by atoms with Crippen molar-refractivity contribution in [1.82, 2.24) is 5.32 Å². The first kappa shape index (κ1) is 14.2. The number of rotatable bonds is 2. The lowest BCUT2D eigenvalue weighted by molar-refractivity contribution is 0.257. The summed E-state index contributed by atoms with van der Waals surface area (Å²) in [5.74, 6) is 0.455. The molecule has 0 spiro atoms. The zero-order valence-electron chi connectivity index (χ0n) is 11.7. The molecule has 2 nitrogen and oxygen atoms in total. The van der Waals surface area contributed by atoms with E-state index in [-0.39, 0.29) is 10.8 Å². The quantitative estimate of drug-likeness (QED) is 0.892. The van der Waals surface area contributed by atoms with Crippen LogP contribution in [0.5, 0.6) is 0 Å². The van der Waals surface area contributed by atoms with Gasteiger partial charge < -0.3 is 10.2 Å². The smallest absolute Gasteiger partial charge is 0.141 e. The highest BCUT2D eigenvalue weighted by atomic mass is 35.5. The van der Waals surface area contributed by atoms with Crippen molar-refractivity contribution in [1.29, 1.82) is 0 Å². The van der Waals surface area contributed by atoms with Gasteiger partial charge in [0.05, 0.1) is 5.02 Å². The van der Waals surface area contributed by atoms with Gasteiger partial charge in [0.25, 0.3) is 0 Å². The molecule has 0 aromatic heterocycles. The van der Waals surface area contributed by atoms with Crippen molar-refractivity contribution in [2.75, 3.05) is 24.5 Å². The van der Waals surface area contributed by atoms with E-state index in [0.717, 1.165) is 31.2 Å². The Morgan fingerprint density at radius 3 is 2.75 bits per heavy atom. The second kappa shape index (κ2) is 6.31. The van der Waals surface area contributed by atoms with Gasteiger partial charge in [-0.15, -0.1) is 0 Å². The van der Waals surface area contributed by atoms with E-state index in [1.54, 1.807) is 6.07 Å². The molecule has 4 heteroatoms. The monoisotopic (exact) mass is 296 g/mol. The topological polar surface area (TPSA) is 15.3 Å². The van der Waals surface area contributed by atoms with Crippen molar-refractivity contribution >= 4 is 17.3 Å². The fraction of sp³-hybridized carbons (Fsp3) is 0.625. The zero-order valence-corrected chi connectivity index (χ0v) is 12.5. The van der Waals surface area contributed by atoms with Gasteiger partial charge in [0.2, 0.25) is 0 Å². The third-order valence-corrected chi connectivity index (χ3v) is 4.98. The molecular weight excluding hydrogens is 275 g/mol. The number of anilines is 1. The van der Waals surface area contributed by atoms with Gasteiger partial charge in [-0.2, -0.15) is 0 Å². The fourth-order valence-electron chi connectivity index (χ4n) is 3.55. The van der Waals surface area contributed by atoms with E-state index in [1.807, 2.05) is 6.07 Å². The predicted molar refractivity (Wildman–Crippen MR) is 82.0 cm³/mol. The van der Waals surface area contributed by atoms with Crippen molar-refractivity contribution in [3.63, 3.8) is 0 Å². The van der Waals surface area contributed by atoms with Crippen LogP contribution < -0.4 is 10.2 Å². The maximum atomic E-state index is 13.3. The second-order valence-corrected chi connectivity index (χ2v) is 6.41. The van der Waals surface area contributed by atoms with E-state index >= 15 is 0 Å². The SMILES string of the molecule is Fc1ccc(N2CCNC(C3CCCCC3)C2)cc1Cl. The molecule has 20 heavy (non-hydrogen) atoms. The van der Waals surface area contributed by atoms with Crippen LogP contribution in [0.4, 0.5) is 10.1 Å². The Morgan fingerprint density at radius 1 is 1.20 bits per heavy atom. The van der Waals surface area contributed by atoms with E-state index < -0.39 is 0 Å². The number of nitrogens with one attached hydrogen (secondary N) is 1. The number of piperazine rings is 1. The van der Waals surface area contributed by atoms with E-state index in [0.29, 0.717) is 6.04 Å². The van der Waals surface area contributed by atoms with Gasteiger partial charge in [-0.05, 0) is 37.0 Å². The summed E-state index contributed by atoms with van der Waals surface area (Å²) in [5.41, 5.74) is 1.04. The van der Waals surface area contributed by atoms with Crippen LogP contribution in [0.2, 0.25) is 5.02 Å². The molecule has 1 saturated heterocycles. The Hall–Kier alpha value is -0.800. The summed E-state index contributed by atoms with van der Waals surface area (Å²) in [6.07, 6.45) is 6.81. The molecule has 2 aliphatic rings. The highest BCUT2D eigenvalue weighted by molar-refractivity contribution is 6.31. The third-order valence-electron chi connectivity index (χ3n) is 4.69. The number of hydrogen-bond acceptors (Lipinski definition) is 2. The summed E-state index contributed by atoms with van der Waals surface area (Å²) in [4.78, 5) is 2.33. The van der Waals surface area contributed by atoms with E-state index in [1.165, 1.54) is 38.2 Å². The van der Waals surface area contributed by atoms with Crippen LogP contribution in [0.15, 0.2) is 18.2 Å². The van der Waals surface area contributed by atoms with Crippen LogP contribution >= 0.6 is 11.6 Å². The molecule has 1 aromatic rings. The molecule has 0 radical (unpaired) electrons. The van der Waals surface area contributed by atoms with Crippen LogP contribution in [0.25, 0.3) is 0 Å². The van der Waals surface area contributed by atoms with E-state index in [4.69, 9.17) is 11.6 Å². The standard InChI is InChI=1S/C16H22ClFN2/c17-14-10-13(6-7-15(14)18)20-9-8-19-16(11-20)12-4-2-1-3-5-12/h6-7,10,12,16,19H,1-5,8-9,11H2. The lowest BCUT2D eigenvalue weighted by Crippen LogP contribution is -2.54. The average molecular weight is 297 g/mol. The molecule has 0 bridgehead atoms. The Balaban J connectivity index is 1.69. The molecule has 3 rings (SSSR count). The molecule has 1 atom stereocenters. The molecular formula is C16H22ClFN2. The Labute approximate surface area is 125 Å². The van der Waals surface area contributed by atoms with Gasteiger partial charge in [-0.1, -0.05) is 30.9 Å². The van der Waals surface area contributed by atoms with Crippen molar-refractivity contribution in [3.8, 4) is 0 Å². The van der Waals surface area contributed by atoms with Crippen LogP contribution in [-0.4, -0.2) is 25.7 Å². The molecule has 1 saturated carbocycles. The van der Waals surface area contributed by atoms with Gasteiger partial charge in [0.1, 0.15) is 5.82 Å². The molecule has 1 aromatic carbocycles. The second-order valence-electron chi connectivity index (χ2n) is 6.00. The van der Waals surface area contributed by atoms with Crippen LogP contribution in [0.1, 0.15) is 32.1 Å². The molecule has 1 aliphatic heterocycles. The molecule has 1 N–H and O–H groups in total. The van der Waals surface area contributed by atoms with Crippen molar-refractivity contribution < 1.29 is 4.39 Å². The van der Waals surface area contributed by atoms with Crippen LogP contribution in [-0.2, 0) is 0 Å². The third kappa shape index (κ3) is 3.09. The summed E-state index contributed by atoms with van der Waals surface area (Å²) in [5, 5.41) is 3.88. The van der Waals surface area contributed by atoms with Gasteiger partial charge in [-0.3, -0.25) is 0 Å². The fourth-order valence-corrected chi connectivity index (χ4v) is 3.72.